The van der Waals surface area contributed by atoms with E-state index in [0.29, 0.717) is 16.3 Å². The summed E-state index contributed by atoms with van der Waals surface area (Å²) in [5.41, 5.74) is 0.622. The van der Waals surface area contributed by atoms with Crippen LogP contribution >= 0.6 is 11.6 Å². The Morgan fingerprint density at radius 1 is 1.42 bits per heavy atom. The maximum atomic E-state index is 11.5. The van der Waals surface area contributed by atoms with Crippen molar-refractivity contribution < 1.29 is 14.6 Å². The number of aliphatic hydroxyl groups is 1. The predicted octanol–water partition coefficient (Wildman–Crippen LogP) is 2.69. The van der Waals surface area contributed by atoms with Crippen LogP contribution in [-0.4, -0.2) is 23.7 Å². The Morgan fingerprint density at radius 3 is 2.68 bits per heavy atom. The summed E-state index contributed by atoms with van der Waals surface area (Å²) in [5.74, 6) is 0.499. The van der Waals surface area contributed by atoms with Gasteiger partial charge in [0, 0.05) is 16.6 Å². The number of halogens is 1. The summed E-state index contributed by atoms with van der Waals surface area (Å²) in [6.45, 7) is 5.72. The fourth-order valence-corrected chi connectivity index (χ4v) is 1.81. The van der Waals surface area contributed by atoms with E-state index < -0.39 is 6.10 Å². The van der Waals surface area contributed by atoms with Gasteiger partial charge in [-0.25, -0.2) is 0 Å². The number of carbonyl (C=O) groups excluding carboxylic acids is 1. The lowest BCUT2D eigenvalue weighted by Crippen LogP contribution is -2.31. The zero-order valence-corrected chi connectivity index (χ0v) is 12.2. The molecule has 106 valence electrons. The van der Waals surface area contributed by atoms with Crippen molar-refractivity contribution in [2.75, 3.05) is 6.61 Å². The lowest BCUT2D eigenvalue weighted by Gasteiger charge is -2.14. The second kappa shape index (κ2) is 7.36. The molecule has 0 saturated heterocycles. The molecule has 0 spiro atoms. The molecule has 1 aromatic carbocycles. The van der Waals surface area contributed by atoms with E-state index in [0.717, 1.165) is 0 Å². The molecule has 0 heterocycles. The van der Waals surface area contributed by atoms with Crippen molar-refractivity contribution in [2.24, 2.45) is 0 Å². The highest BCUT2D eigenvalue weighted by Crippen LogP contribution is 2.28. The molecule has 5 heteroatoms. The van der Waals surface area contributed by atoms with E-state index in [1.807, 2.05) is 13.8 Å². The van der Waals surface area contributed by atoms with Crippen molar-refractivity contribution in [1.29, 1.82) is 0 Å². The standard InChI is InChI=1S/C14H20ClNO3/c1-9(2)16-14(18)6-7-19-13-5-4-11(15)8-12(13)10(3)17/h4-5,8-10,17H,6-7H2,1-3H3,(H,16,18)/t10-/m0/s1. The molecule has 0 fully saturated rings. The van der Waals surface area contributed by atoms with E-state index >= 15 is 0 Å². The topological polar surface area (TPSA) is 58.6 Å². The van der Waals surface area contributed by atoms with Crippen molar-refractivity contribution in [3.8, 4) is 5.75 Å². The third-order valence-corrected chi connectivity index (χ3v) is 2.69. The van der Waals surface area contributed by atoms with Crippen LogP contribution in [0.15, 0.2) is 18.2 Å². The fourth-order valence-electron chi connectivity index (χ4n) is 1.63. The van der Waals surface area contributed by atoms with Crippen LogP contribution in [-0.2, 0) is 4.79 Å². The number of hydrogen-bond acceptors (Lipinski definition) is 3. The highest BCUT2D eigenvalue weighted by Gasteiger charge is 2.11. The average molecular weight is 286 g/mol. The van der Waals surface area contributed by atoms with Crippen LogP contribution < -0.4 is 10.1 Å². The van der Waals surface area contributed by atoms with Gasteiger partial charge in [-0.3, -0.25) is 4.79 Å². The van der Waals surface area contributed by atoms with Gasteiger partial charge in [0.05, 0.1) is 19.1 Å². The SMILES string of the molecule is CC(C)NC(=O)CCOc1ccc(Cl)cc1[C@H](C)O. The molecule has 0 saturated carbocycles. The van der Waals surface area contributed by atoms with Crippen molar-refractivity contribution in [1.82, 2.24) is 5.32 Å². The number of rotatable bonds is 6. The minimum atomic E-state index is -0.668. The summed E-state index contributed by atoms with van der Waals surface area (Å²) < 4.78 is 5.53. The number of hydrogen-bond donors (Lipinski definition) is 2. The van der Waals surface area contributed by atoms with Crippen LogP contribution in [0.3, 0.4) is 0 Å². The Hall–Kier alpha value is -1.26. The first kappa shape index (κ1) is 15.8. The molecule has 19 heavy (non-hydrogen) atoms. The Balaban J connectivity index is 2.56. The number of carbonyl (C=O) groups is 1. The summed E-state index contributed by atoms with van der Waals surface area (Å²) in [4.78, 5) is 11.5. The molecule has 0 aliphatic rings. The van der Waals surface area contributed by atoms with Gasteiger partial charge in [-0.15, -0.1) is 0 Å². The van der Waals surface area contributed by atoms with Gasteiger partial charge in [-0.1, -0.05) is 11.6 Å². The van der Waals surface area contributed by atoms with Crippen LogP contribution in [0, 0.1) is 0 Å². The maximum absolute atomic E-state index is 11.5. The van der Waals surface area contributed by atoms with Gasteiger partial charge < -0.3 is 15.2 Å². The van der Waals surface area contributed by atoms with Crippen molar-refractivity contribution in [3.05, 3.63) is 28.8 Å². The molecule has 1 aromatic rings. The highest BCUT2D eigenvalue weighted by atomic mass is 35.5. The van der Waals surface area contributed by atoms with Crippen LogP contribution in [0.25, 0.3) is 0 Å². The molecule has 0 aliphatic heterocycles. The lowest BCUT2D eigenvalue weighted by molar-refractivity contribution is -0.122. The number of nitrogens with one attached hydrogen (secondary N) is 1. The summed E-state index contributed by atoms with van der Waals surface area (Å²) in [6, 6.07) is 5.17. The fraction of sp³-hybridized carbons (Fsp3) is 0.500. The molecule has 0 radical (unpaired) electrons. The zero-order chi connectivity index (χ0) is 14.4. The van der Waals surface area contributed by atoms with E-state index in [1.54, 1.807) is 25.1 Å². The van der Waals surface area contributed by atoms with Crippen molar-refractivity contribution in [3.63, 3.8) is 0 Å². The van der Waals surface area contributed by atoms with Gasteiger partial charge in [0.2, 0.25) is 5.91 Å². The summed E-state index contributed by atoms with van der Waals surface area (Å²) >= 11 is 5.87. The molecular formula is C14H20ClNO3. The van der Waals surface area contributed by atoms with Crippen LogP contribution in [0.5, 0.6) is 5.75 Å². The van der Waals surface area contributed by atoms with E-state index in [2.05, 4.69) is 5.32 Å². The molecule has 0 aliphatic carbocycles. The Labute approximate surface area is 118 Å². The van der Waals surface area contributed by atoms with Gasteiger partial charge in [0.1, 0.15) is 5.75 Å². The first-order valence-corrected chi connectivity index (χ1v) is 6.67. The third kappa shape index (κ3) is 5.49. The molecule has 4 nitrogen and oxygen atoms in total. The van der Waals surface area contributed by atoms with E-state index in [1.165, 1.54) is 0 Å². The third-order valence-electron chi connectivity index (χ3n) is 2.46. The predicted molar refractivity (Wildman–Crippen MR) is 75.5 cm³/mol. The maximum Gasteiger partial charge on any atom is 0.223 e. The van der Waals surface area contributed by atoms with Gasteiger partial charge >= 0.3 is 0 Å². The quantitative estimate of drug-likeness (QED) is 0.845. The average Bonchev–Trinajstić information content (AvgIpc) is 2.29. The normalized spacial score (nSPS) is 12.3. The second-order valence-electron chi connectivity index (χ2n) is 4.68. The second-order valence-corrected chi connectivity index (χ2v) is 5.12. The number of aliphatic hydroxyl groups excluding tert-OH is 1. The van der Waals surface area contributed by atoms with E-state index in [9.17, 15) is 9.90 Å². The molecule has 0 bridgehead atoms. The largest absolute Gasteiger partial charge is 0.493 e. The number of benzene rings is 1. The molecule has 1 amide bonds. The van der Waals surface area contributed by atoms with Crippen LogP contribution in [0.2, 0.25) is 5.02 Å². The minimum absolute atomic E-state index is 0.0532. The zero-order valence-electron chi connectivity index (χ0n) is 11.4. The molecule has 1 rings (SSSR count). The number of amides is 1. The van der Waals surface area contributed by atoms with Gasteiger partial charge in [0.15, 0.2) is 0 Å². The highest BCUT2D eigenvalue weighted by molar-refractivity contribution is 6.30. The summed E-state index contributed by atoms with van der Waals surface area (Å²) in [7, 11) is 0. The summed E-state index contributed by atoms with van der Waals surface area (Å²) in [5, 5.41) is 13.0. The molecule has 0 unspecified atom stereocenters. The molecular weight excluding hydrogens is 266 g/mol. The van der Waals surface area contributed by atoms with E-state index in [-0.39, 0.29) is 25.0 Å². The monoisotopic (exact) mass is 285 g/mol. The van der Waals surface area contributed by atoms with Crippen LogP contribution in [0.4, 0.5) is 0 Å². The minimum Gasteiger partial charge on any atom is -0.493 e. The molecule has 2 N–H and O–H groups in total. The summed E-state index contributed by atoms with van der Waals surface area (Å²) in [6.07, 6.45) is -0.391. The van der Waals surface area contributed by atoms with Crippen molar-refractivity contribution in [2.45, 2.75) is 39.3 Å². The smallest absolute Gasteiger partial charge is 0.223 e. The lowest BCUT2D eigenvalue weighted by atomic mass is 10.1. The molecule has 1 atom stereocenters. The number of ether oxygens (including phenoxy) is 1. The Morgan fingerprint density at radius 2 is 2.11 bits per heavy atom. The first-order chi connectivity index (χ1) is 8.90. The Kier molecular flexibility index (Phi) is 6.12. The Bertz CT molecular complexity index is 433. The van der Waals surface area contributed by atoms with Crippen LogP contribution in [0.1, 0.15) is 38.9 Å². The van der Waals surface area contributed by atoms with Gasteiger partial charge in [0.25, 0.3) is 0 Å². The van der Waals surface area contributed by atoms with E-state index in [4.69, 9.17) is 16.3 Å². The van der Waals surface area contributed by atoms with Crippen molar-refractivity contribution >= 4 is 17.5 Å². The first-order valence-electron chi connectivity index (χ1n) is 6.30. The van der Waals surface area contributed by atoms with Gasteiger partial charge in [-0.2, -0.15) is 0 Å². The van der Waals surface area contributed by atoms with Gasteiger partial charge in [-0.05, 0) is 39.0 Å². The molecule has 0 aromatic heterocycles.